The van der Waals surface area contributed by atoms with E-state index in [9.17, 15) is 0 Å². The van der Waals surface area contributed by atoms with Gasteiger partial charge < -0.3 is 5.73 Å². The SMILES string of the molecule is Cc1cc(-n2ccc(C3CC3)n2)ccc1C(=N)N. The van der Waals surface area contributed by atoms with Crippen LogP contribution in [-0.4, -0.2) is 15.6 Å². The van der Waals surface area contributed by atoms with Crippen molar-refractivity contribution in [3.63, 3.8) is 0 Å². The molecule has 0 saturated heterocycles. The van der Waals surface area contributed by atoms with E-state index in [1.165, 1.54) is 18.5 Å². The first-order valence-corrected chi connectivity index (χ1v) is 6.16. The second-order valence-corrected chi connectivity index (χ2v) is 4.87. The Bertz CT molecular complexity index is 608. The van der Waals surface area contributed by atoms with Crippen LogP contribution < -0.4 is 5.73 Å². The van der Waals surface area contributed by atoms with Crippen LogP contribution in [-0.2, 0) is 0 Å². The molecule has 0 unspecified atom stereocenters. The molecule has 0 aliphatic heterocycles. The normalized spacial score (nSPS) is 14.7. The number of nitrogens with one attached hydrogen (secondary N) is 1. The van der Waals surface area contributed by atoms with E-state index in [-0.39, 0.29) is 5.84 Å². The van der Waals surface area contributed by atoms with Gasteiger partial charge in [0.05, 0.1) is 11.4 Å². The van der Waals surface area contributed by atoms with Crippen LogP contribution in [0.25, 0.3) is 5.69 Å². The number of nitrogens with zero attached hydrogens (tertiary/aromatic N) is 2. The van der Waals surface area contributed by atoms with E-state index in [0.717, 1.165) is 16.8 Å². The first-order chi connectivity index (χ1) is 8.65. The third-order valence-corrected chi connectivity index (χ3v) is 3.37. The quantitative estimate of drug-likeness (QED) is 0.638. The minimum Gasteiger partial charge on any atom is -0.384 e. The molecule has 1 saturated carbocycles. The molecular formula is C14H16N4. The van der Waals surface area contributed by atoms with Crippen molar-refractivity contribution in [3.8, 4) is 5.69 Å². The van der Waals surface area contributed by atoms with Gasteiger partial charge in [-0.15, -0.1) is 0 Å². The maximum Gasteiger partial charge on any atom is 0.123 e. The van der Waals surface area contributed by atoms with Crippen LogP contribution in [0, 0.1) is 12.3 Å². The van der Waals surface area contributed by atoms with Crippen molar-refractivity contribution in [2.75, 3.05) is 0 Å². The number of nitrogen functional groups attached to an aromatic ring is 1. The second-order valence-electron chi connectivity index (χ2n) is 4.87. The number of nitrogens with two attached hydrogens (primary N) is 1. The standard InChI is InChI=1S/C14H16N4/c1-9-8-11(4-5-12(9)14(15)16)18-7-6-13(17-18)10-2-3-10/h4-8,10H,2-3H2,1H3,(H3,15,16). The summed E-state index contributed by atoms with van der Waals surface area (Å²) in [6.45, 7) is 1.96. The lowest BCUT2D eigenvalue weighted by Crippen LogP contribution is -2.13. The first-order valence-electron chi connectivity index (χ1n) is 6.16. The van der Waals surface area contributed by atoms with E-state index in [2.05, 4.69) is 11.2 Å². The molecule has 3 rings (SSSR count). The molecule has 0 amide bonds. The van der Waals surface area contributed by atoms with Crippen molar-refractivity contribution < 1.29 is 0 Å². The molecule has 0 atom stereocenters. The van der Waals surface area contributed by atoms with E-state index in [1.807, 2.05) is 36.0 Å². The van der Waals surface area contributed by atoms with Gasteiger partial charge in [-0.05, 0) is 49.6 Å². The number of hydrogen-bond acceptors (Lipinski definition) is 2. The number of amidine groups is 1. The molecule has 1 aliphatic rings. The molecule has 18 heavy (non-hydrogen) atoms. The Kier molecular flexibility index (Phi) is 2.44. The Morgan fingerprint density at radius 1 is 1.39 bits per heavy atom. The lowest BCUT2D eigenvalue weighted by Gasteiger charge is -2.07. The summed E-state index contributed by atoms with van der Waals surface area (Å²) in [5.41, 5.74) is 9.51. The summed E-state index contributed by atoms with van der Waals surface area (Å²) in [5.74, 6) is 0.780. The van der Waals surface area contributed by atoms with Crippen LogP contribution in [0.4, 0.5) is 0 Å². The van der Waals surface area contributed by atoms with E-state index in [0.29, 0.717) is 5.92 Å². The third kappa shape index (κ3) is 1.90. The minimum atomic E-state index is 0.109. The van der Waals surface area contributed by atoms with Crippen LogP contribution in [0.5, 0.6) is 0 Å². The van der Waals surface area contributed by atoms with Crippen molar-refractivity contribution in [3.05, 3.63) is 47.3 Å². The molecule has 1 fully saturated rings. The number of aromatic nitrogens is 2. The highest BCUT2D eigenvalue weighted by atomic mass is 15.3. The maximum absolute atomic E-state index is 7.48. The summed E-state index contributed by atoms with van der Waals surface area (Å²) in [5, 5.41) is 12.1. The zero-order chi connectivity index (χ0) is 12.7. The summed E-state index contributed by atoms with van der Waals surface area (Å²) in [4.78, 5) is 0. The molecule has 1 aliphatic carbocycles. The van der Waals surface area contributed by atoms with E-state index in [1.54, 1.807) is 0 Å². The number of hydrogen-bond donors (Lipinski definition) is 2. The Balaban J connectivity index is 1.95. The third-order valence-electron chi connectivity index (χ3n) is 3.37. The molecule has 3 N–H and O–H groups in total. The van der Waals surface area contributed by atoms with Gasteiger partial charge in [0, 0.05) is 17.7 Å². The molecule has 0 bridgehead atoms. The van der Waals surface area contributed by atoms with Crippen LogP contribution >= 0.6 is 0 Å². The fraction of sp³-hybridized carbons (Fsp3) is 0.286. The maximum atomic E-state index is 7.48. The average Bonchev–Trinajstić information content (AvgIpc) is 3.06. The predicted octanol–water partition coefficient (Wildman–Crippen LogP) is 2.34. The van der Waals surface area contributed by atoms with Crippen molar-refractivity contribution in [1.29, 1.82) is 5.41 Å². The highest BCUT2D eigenvalue weighted by molar-refractivity contribution is 5.96. The predicted molar refractivity (Wildman–Crippen MR) is 71.3 cm³/mol. The topological polar surface area (TPSA) is 67.7 Å². The Labute approximate surface area is 106 Å². The smallest absolute Gasteiger partial charge is 0.123 e. The summed E-state index contributed by atoms with van der Waals surface area (Å²) in [6.07, 6.45) is 4.52. The lowest BCUT2D eigenvalue weighted by atomic mass is 10.1. The molecule has 4 heteroatoms. The summed E-state index contributed by atoms with van der Waals surface area (Å²) >= 11 is 0. The van der Waals surface area contributed by atoms with Gasteiger partial charge in [0.15, 0.2) is 0 Å². The first kappa shape index (κ1) is 11.0. The van der Waals surface area contributed by atoms with Gasteiger partial charge in [-0.25, -0.2) is 4.68 Å². The molecule has 1 heterocycles. The van der Waals surface area contributed by atoms with E-state index >= 15 is 0 Å². The van der Waals surface area contributed by atoms with Crippen molar-refractivity contribution in [1.82, 2.24) is 9.78 Å². The monoisotopic (exact) mass is 240 g/mol. The Hall–Kier alpha value is -2.10. The summed E-state index contributed by atoms with van der Waals surface area (Å²) < 4.78 is 1.89. The van der Waals surface area contributed by atoms with Gasteiger partial charge in [0.25, 0.3) is 0 Å². The zero-order valence-corrected chi connectivity index (χ0v) is 10.4. The van der Waals surface area contributed by atoms with Gasteiger partial charge in [0.1, 0.15) is 5.84 Å². The number of benzene rings is 1. The molecule has 4 nitrogen and oxygen atoms in total. The zero-order valence-electron chi connectivity index (χ0n) is 10.4. The van der Waals surface area contributed by atoms with E-state index in [4.69, 9.17) is 11.1 Å². The van der Waals surface area contributed by atoms with Gasteiger partial charge in [-0.2, -0.15) is 5.10 Å². The van der Waals surface area contributed by atoms with Crippen molar-refractivity contribution >= 4 is 5.84 Å². The van der Waals surface area contributed by atoms with E-state index < -0.39 is 0 Å². The van der Waals surface area contributed by atoms with Gasteiger partial charge in [0.2, 0.25) is 0 Å². The highest BCUT2D eigenvalue weighted by Crippen LogP contribution is 2.39. The van der Waals surface area contributed by atoms with Gasteiger partial charge in [-0.1, -0.05) is 0 Å². The number of aryl methyl sites for hydroxylation is 1. The largest absolute Gasteiger partial charge is 0.384 e. The Morgan fingerprint density at radius 2 is 2.17 bits per heavy atom. The second kappa shape index (κ2) is 3.98. The van der Waals surface area contributed by atoms with Crippen LogP contribution in [0.3, 0.4) is 0 Å². The van der Waals surface area contributed by atoms with Crippen LogP contribution in [0.1, 0.15) is 35.6 Å². The highest BCUT2D eigenvalue weighted by Gasteiger charge is 2.25. The molecule has 2 aromatic rings. The molecule has 1 aromatic carbocycles. The summed E-state index contributed by atoms with van der Waals surface area (Å²) in [6, 6.07) is 7.94. The average molecular weight is 240 g/mol. The lowest BCUT2D eigenvalue weighted by molar-refractivity contribution is 0.836. The Morgan fingerprint density at radius 3 is 2.78 bits per heavy atom. The fourth-order valence-corrected chi connectivity index (χ4v) is 2.17. The molecular weight excluding hydrogens is 224 g/mol. The van der Waals surface area contributed by atoms with Gasteiger partial charge in [-0.3, -0.25) is 5.41 Å². The minimum absolute atomic E-state index is 0.109. The van der Waals surface area contributed by atoms with Crippen LogP contribution in [0.2, 0.25) is 0 Å². The fourth-order valence-electron chi connectivity index (χ4n) is 2.17. The van der Waals surface area contributed by atoms with Gasteiger partial charge >= 0.3 is 0 Å². The molecule has 0 radical (unpaired) electrons. The molecule has 0 spiro atoms. The molecule has 1 aromatic heterocycles. The van der Waals surface area contributed by atoms with Crippen molar-refractivity contribution in [2.24, 2.45) is 5.73 Å². The molecule has 92 valence electrons. The van der Waals surface area contributed by atoms with Crippen molar-refractivity contribution in [2.45, 2.75) is 25.7 Å². The van der Waals surface area contributed by atoms with Crippen LogP contribution in [0.15, 0.2) is 30.5 Å². The number of rotatable bonds is 3. The summed E-state index contributed by atoms with van der Waals surface area (Å²) in [7, 11) is 0.